The third kappa shape index (κ3) is 2.33. The Kier molecular flexibility index (Phi) is 3.30. The molecule has 4 nitrogen and oxygen atoms in total. The number of rotatable bonds is 2. The van der Waals surface area contributed by atoms with Crippen LogP contribution in [0.5, 0.6) is 0 Å². The molecule has 20 heavy (non-hydrogen) atoms. The molecule has 1 aliphatic rings. The van der Waals surface area contributed by atoms with Gasteiger partial charge in [0.25, 0.3) is 0 Å². The van der Waals surface area contributed by atoms with E-state index < -0.39 is 0 Å². The number of nitrogen functional groups attached to an aromatic ring is 1. The van der Waals surface area contributed by atoms with E-state index in [-0.39, 0.29) is 0 Å². The number of aromatic nitrogens is 2. The number of fused-ring (bicyclic) bond motifs is 1. The van der Waals surface area contributed by atoms with Crippen molar-refractivity contribution in [3.8, 4) is 11.3 Å². The van der Waals surface area contributed by atoms with Crippen molar-refractivity contribution in [1.29, 1.82) is 0 Å². The van der Waals surface area contributed by atoms with Crippen molar-refractivity contribution in [1.82, 2.24) is 9.97 Å². The smallest absolute Gasteiger partial charge is 0.220 e. The summed E-state index contributed by atoms with van der Waals surface area (Å²) in [5.41, 5.74) is 11.6. The van der Waals surface area contributed by atoms with Gasteiger partial charge in [0.05, 0.1) is 5.69 Å². The van der Waals surface area contributed by atoms with E-state index in [9.17, 15) is 0 Å². The Bertz CT molecular complexity index is 617. The molecule has 2 aromatic rings. The highest BCUT2D eigenvalue weighted by Crippen LogP contribution is 2.30. The SMILES string of the molecule is CN(C)c1ccc(-c2nc(N)nc3c2CCCC3)cc1. The van der Waals surface area contributed by atoms with Gasteiger partial charge in [-0.3, -0.25) is 0 Å². The van der Waals surface area contributed by atoms with Gasteiger partial charge in [0.2, 0.25) is 5.95 Å². The zero-order valence-corrected chi connectivity index (χ0v) is 12.1. The van der Waals surface area contributed by atoms with Crippen molar-refractivity contribution in [2.75, 3.05) is 24.7 Å². The molecule has 0 aliphatic heterocycles. The largest absolute Gasteiger partial charge is 0.378 e. The van der Waals surface area contributed by atoms with Crippen LogP contribution in [0.1, 0.15) is 24.1 Å². The van der Waals surface area contributed by atoms with Crippen LogP contribution < -0.4 is 10.6 Å². The first-order valence-corrected chi connectivity index (χ1v) is 7.08. The molecule has 0 unspecified atom stereocenters. The summed E-state index contributed by atoms with van der Waals surface area (Å²) in [7, 11) is 4.08. The summed E-state index contributed by atoms with van der Waals surface area (Å²) in [4.78, 5) is 11.0. The van der Waals surface area contributed by atoms with Crippen LogP contribution in [0.3, 0.4) is 0 Å². The summed E-state index contributed by atoms with van der Waals surface area (Å²) in [6.45, 7) is 0. The second-order valence-corrected chi connectivity index (χ2v) is 5.50. The van der Waals surface area contributed by atoms with Crippen LogP contribution in [0.25, 0.3) is 11.3 Å². The van der Waals surface area contributed by atoms with Gasteiger partial charge in [0.15, 0.2) is 0 Å². The maximum absolute atomic E-state index is 5.87. The van der Waals surface area contributed by atoms with E-state index in [1.807, 2.05) is 14.1 Å². The van der Waals surface area contributed by atoms with E-state index in [0.717, 1.165) is 29.8 Å². The van der Waals surface area contributed by atoms with E-state index in [1.165, 1.54) is 24.1 Å². The van der Waals surface area contributed by atoms with Gasteiger partial charge in [0, 0.05) is 36.6 Å². The molecule has 104 valence electrons. The van der Waals surface area contributed by atoms with Crippen molar-refractivity contribution in [3.05, 3.63) is 35.5 Å². The van der Waals surface area contributed by atoms with Gasteiger partial charge in [-0.1, -0.05) is 12.1 Å². The summed E-state index contributed by atoms with van der Waals surface area (Å²) in [6, 6.07) is 8.46. The van der Waals surface area contributed by atoms with Gasteiger partial charge in [-0.2, -0.15) is 0 Å². The van der Waals surface area contributed by atoms with Crippen molar-refractivity contribution in [2.24, 2.45) is 0 Å². The second kappa shape index (κ2) is 5.12. The topological polar surface area (TPSA) is 55.0 Å². The van der Waals surface area contributed by atoms with Crippen LogP contribution in [-0.2, 0) is 12.8 Å². The number of hydrogen-bond acceptors (Lipinski definition) is 4. The number of anilines is 2. The third-order valence-corrected chi connectivity index (χ3v) is 3.86. The molecule has 1 aromatic heterocycles. The highest BCUT2D eigenvalue weighted by molar-refractivity contribution is 5.67. The summed E-state index contributed by atoms with van der Waals surface area (Å²) < 4.78 is 0. The first-order valence-electron chi connectivity index (χ1n) is 7.08. The molecule has 3 rings (SSSR count). The van der Waals surface area contributed by atoms with Crippen LogP contribution in [0.15, 0.2) is 24.3 Å². The lowest BCUT2D eigenvalue weighted by molar-refractivity contribution is 0.665. The molecule has 0 spiro atoms. The zero-order valence-electron chi connectivity index (χ0n) is 12.1. The molecule has 0 bridgehead atoms. The summed E-state index contributed by atoms with van der Waals surface area (Å²) in [5.74, 6) is 0.386. The first-order chi connectivity index (χ1) is 9.65. The molecule has 0 fully saturated rings. The van der Waals surface area contributed by atoms with Crippen molar-refractivity contribution >= 4 is 11.6 Å². The lowest BCUT2D eigenvalue weighted by atomic mass is 9.92. The van der Waals surface area contributed by atoms with Crippen LogP contribution in [-0.4, -0.2) is 24.1 Å². The molecule has 0 atom stereocenters. The summed E-state index contributed by atoms with van der Waals surface area (Å²) in [5, 5.41) is 0. The van der Waals surface area contributed by atoms with Crippen LogP contribution in [0.4, 0.5) is 11.6 Å². The fourth-order valence-corrected chi connectivity index (χ4v) is 2.77. The predicted octanol–water partition coefficient (Wildman–Crippen LogP) is 2.67. The monoisotopic (exact) mass is 268 g/mol. The minimum Gasteiger partial charge on any atom is -0.378 e. The maximum atomic E-state index is 5.87. The Hall–Kier alpha value is -2.10. The Morgan fingerprint density at radius 2 is 1.70 bits per heavy atom. The standard InChI is InChI=1S/C16H20N4/c1-20(2)12-9-7-11(8-10-12)15-13-5-3-4-6-14(13)18-16(17)19-15/h7-10H,3-6H2,1-2H3,(H2,17,18,19). The number of nitrogens with two attached hydrogens (primary N) is 1. The van der Waals surface area contributed by atoms with E-state index in [4.69, 9.17) is 5.73 Å². The summed E-state index contributed by atoms with van der Waals surface area (Å²) in [6.07, 6.45) is 4.48. The van der Waals surface area contributed by atoms with Crippen LogP contribution in [0.2, 0.25) is 0 Å². The Morgan fingerprint density at radius 1 is 1.00 bits per heavy atom. The average Bonchev–Trinajstić information content (AvgIpc) is 2.46. The average molecular weight is 268 g/mol. The number of hydrogen-bond donors (Lipinski definition) is 1. The molecule has 1 aromatic carbocycles. The highest BCUT2D eigenvalue weighted by Gasteiger charge is 2.18. The van der Waals surface area contributed by atoms with Gasteiger partial charge < -0.3 is 10.6 Å². The van der Waals surface area contributed by atoms with Gasteiger partial charge in [0.1, 0.15) is 0 Å². The van der Waals surface area contributed by atoms with E-state index in [0.29, 0.717) is 5.95 Å². The van der Waals surface area contributed by atoms with Crippen molar-refractivity contribution in [2.45, 2.75) is 25.7 Å². The Morgan fingerprint density at radius 3 is 2.40 bits per heavy atom. The highest BCUT2D eigenvalue weighted by atomic mass is 15.1. The second-order valence-electron chi connectivity index (χ2n) is 5.50. The fourth-order valence-electron chi connectivity index (χ4n) is 2.77. The van der Waals surface area contributed by atoms with Gasteiger partial charge in [-0.05, 0) is 37.8 Å². The van der Waals surface area contributed by atoms with Gasteiger partial charge in [-0.25, -0.2) is 9.97 Å². The van der Waals surface area contributed by atoms with Crippen molar-refractivity contribution < 1.29 is 0 Å². The normalized spacial score (nSPS) is 13.9. The minimum atomic E-state index is 0.386. The van der Waals surface area contributed by atoms with Crippen molar-refractivity contribution in [3.63, 3.8) is 0 Å². The number of benzene rings is 1. The van der Waals surface area contributed by atoms with E-state index in [1.54, 1.807) is 0 Å². The van der Waals surface area contributed by atoms with E-state index >= 15 is 0 Å². The minimum absolute atomic E-state index is 0.386. The lowest BCUT2D eigenvalue weighted by Crippen LogP contribution is -2.11. The van der Waals surface area contributed by atoms with Gasteiger partial charge >= 0.3 is 0 Å². The molecule has 2 N–H and O–H groups in total. The molecular formula is C16H20N4. The summed E-state index contributed by atoms with van der Waals surface area (Å²) >= 11 is 0. The maximum Gasteiger partial charge on any atom is 0.220 e. The number of aryl methyl sites for hydroxylation is 1. The van der Waals surface area contributed by atoms with E-state index in [2.05, 4.69) is 39.1 Å². The molecule has 1 heterocycles. The molecule has 1 aliphatic carbocycles. The fraction of sp³-hybridized carbons (Fsp3) is 0.375. The molecule has 0 radical (unpaired) electrons. The molecule has 0 saturated heterocycles. The molecule has 4 heteroatoms. The molecular weight excluding hydrogens is 248 g/mol. The van der Waals surface area contributed by atoms with Gasteiger partial charge in [-0.15, -0.1) is 0 Å². The molecule has 0 amide bonds. The predicted molar refractivity (Wildman–Crippen MR) is 82.8 cm³/mol. The Balaban J connectivity index is 2.07. The quantitative estimate of drug-likeness (QED) is 0.909. The van der Waals surface area contributed by atoms with Crippen LogP contribution in [0, 0.1) is 0 Å². The third-order valence-electron chi connectivity index (χ3n) is 3.86. The number of nitrogens with zero attached hydrogens (tertiary/aromatic N) is 3. The Labute approximate surface area is 119 Å². The lowest BCUT2D eigenvalue weighted by Gasteiger charge is -2.19. The molecule has 0 saturated carbocycles. The van der Waals surface area contributed by atoms with Crippen LogP contribution >= 0.6 is 0 Å². The zero-order chi connectivity index (χ0) is 14.1. The first kappa shape index (κ1) is 12.9.